The molecule has 0 aliphatic heterocycles. The summed E-state index contributed by atoms with van der Waals surface area (Å²) in [4.78, 5) is 42.3. The van der Waals surface area contributed by atoms with Crippen LogP contribution < -0.4 is 0 Å². The SMILES string of the molecule is CCC(CC)C(=O)CC(=O)O.CCC(CC)C(=O)CC(=O)O.O.O.[Ti]. The Morgan fingerprint density at radius 2 is 0.840 bits per heavy atom. The second-order valence-corrected chi connectivity index (χ2v) is 5.10. The second kappa shape index (κ2) is 21.0. The number of hydrogen-bond acceptors (Lipinski definition) is 4. The van der Waals surface area contributed by atoms with Crippen LogP contribution in [0.15, 0.2) is 0 Å². The van der Waals surface area contributed by atoms with Gasteiger partial charge in [-0.3, -0.25) is 19.2 Å². The molecule has 25 heavy (non-hydrogen) atoms. The minimum atomic E-state index is -1.03. The Morgan fingerprint density at radius 1 is 0.640 bits per heavy atom. The van der Waals surface area contributed by atoms with Gasteiger partial charge in [0.05, 0.1) is 0 Å². The van der Waals surface area contributed by atoms with Gasteiger partial charge in [-0.05, 0) is 25.7 Å². The first-order chi connectivity index (χ1) is 10.2. The van der Waals surface area contributed by atoms with Crippen LogP contribution in [0.3, 0.4) is 0 Å². The molecule has 0 saturated heterocycles. The minimum Gasteiger partial charge on any atom is -0.481 e. The first kappa shape index (κ1) is 35.1. The van der Waals surface area contributed by atoms with Crippen molar-refractivity contribution in [2.75, 3.05) is 0 Å². The number of carboxylic acids is 2. The van der Waals surface area contributed by atoms with Crippen molar-refractivity contribution in [3.63, 3.8) is 0 Å². The monoisotopic (exact) mass is 400 g/mol. The number of Topliss-reactive ketones (excluding diaryl/α,β-unsaturated/α-hetero) is 2. The molecule has 9 heteroatoms. The topological polar surface area (TPSA) is 172 Å². The fourth-order valence-electron chi connectivity index (χ4n) is 2.07. The van der Waals surface area contributed by atoms with Crippen LogP contribution in [0, 0.1) is 11.8 Å². The summed E-state index contributed by atoms with van der Waals surface area (Å²) in [7, 11) is 0. The molecule has 148 valence electrons. The van der Waals surface area contributed by atoms with E-state index in [-0.39, 0.29) is 68.9 Å². The molecule has 0 amide bonds. The van der Waals surface area contributed by atoms with Crippen LogP contribution in [-0.4, -0.2) is 44.7 Å². The van der Waals surface area contributed by atoms with E-state index >= 15 is 0 Å². The van der Waals surface area contributed by atoms with E-state index in [4.69, 9.17) is 10.2 Å². The van der Waals surface area contributed by atoms with E-state index in [9.17, 15) is 19.2 Å². The average molecular weight is 400 g/mol. The van der Waals surface area contributed by atoms with E-state index < -0.39 is 11.9 Å². The van der Waals surface area contributed by atoms with Gasteiger partial charge in [0.25, 0.3) is 0 Å². The summed E-state index contributed by atoms with van der Waals surface area (Å²) in [6, 6.07) is 0. The molecule has 0 rings (SSSR count). The predicted octanol–water partition coefficient (Wildman–Crippen LogP) is 1.28. The van der Waals surface area contributed by atoms with Crippen LogP contribution in [0.25, 0.3) is 0 Å². The molecule has 0 aromatic carbocycles. The molecule has 0 aliphatic rings. The van der Waals surface area contributed by atoms with Gasteiger partial charge in [-0.15, -0.1) is 0 Å². The summed E-state index contributed by atoms with van der Waals surface area (Å²) in [5.41, 5.74) is 0. The molecular formula is C16H32O8Ti. The maximum absolute atomic E-state index is 11.0. The number of hydrogen-bond donors (Lipinski definition) is 2. The fraction of sp³-hybridized carbons (Fsp3) is 0.750. The summed E-state index contributed by atoms with van der Waals surface area (Å²) < 4.78 is 0. The standard InChI is InChI=1S/2C8H14O3.2H2O.Ti/c2*1-3-6(4-2)7(9)5-8(10)11;;;/h2*6H,3-5H2,1-2H3,(H,10,11);2*1H2;. The van der Waals surface area contributed by atoms with E-state index in [1.807, 2.05) is 27.7 Å². The van der Waals surface area contributed by atoms with Gasteiger partial charge in [0.1, 0.15) is 24.4 Å². The first-order valence-corrected chi connectivity index (χ1v) is 7.72. The molecule has 0 heterocycles. The molecular weight excluding hydrogens is 368 g/mol. The number of carboxylic acid groups (broad SMARTS) is 2. The zero-order valence-electron chi connectivity index (χ0n) is 15.4. The Morgan fingerprint density at radius 3 is 0.960 bits per heavy atom. The molecule has 0 fully saturated rings. The number of carbonyl (C=O) groups is 4. The van der Waals surface area contributed by atoms with Crippen molar-refractivity contribution >= 4 is 23.5 Å². The van der Waals surface area contributed by atoms with E-state index in [0.29, 0.717) is 0 Å². The molecule has 0 spiro atoms. The van der Waals surface area contributed by atoms with Gasteiger partial charge in [-0.25, -0.2) is 0 Å². The Bertz CT molecular complexity index is 340. The smallest absolute Gasteiger partial charge is 0.310 e. The maximum Gasteiger partial charge on any atom is 0.310 e. The van der Waals surface area contributed by atoms with Crippen LogP contribution in [0.2, 0.25) is 0 Å². The van der Waals surface area contributed by atoms with E-state index in [1.165, 1.54) is 0 Å². The van der Waals surface area contributed by atoms with E-state index in [2.05, 4.69) is 0 Å². The van der Waals surface area contributed by atoms with Crippen molar-refractivity contribution < 1.29 is 62.1 Å². The zero-order valence-corrected chi connectivity index (χ0v) is 17.0. The molecule has 8 nitrogen and oxygen atoms in total. The van der Waals surface area contributed by atoms with Crippen molar-refractivity contribution in [2.24, 2.45) is 11.8 Å². The molecule has 0 unspecified atom stereocenters. The minimum absolute atomic E-state index is 0. The molecule has 0 radical (unpaired) electrons. The predicted molar refractivity (Wildman–Crippen MR) is 89.9 cm³/mol. The number of rotatable bonds is 10. The summed E-state index contributed by atoms with van der Waals surface area (Å²) in [6.07, 6.45) is 2.30. The molecule has 0 bridgehead atoms. The van der Waals surface area contributed by atoms with Crippen molar-refractivity contribution in [1.29, 1.82) is 0 Å². The third-order valence-corrected chi connectivity index (χ3v) is 3.53. The van der Waals surface area contributed by atoms with Crippen molar-refractivity contribution in [3.05, 3.63) is 0 Å². The van der Waals surface area contributed by atoms with Gasteiger partial charge in [-0.2, -0.15) is 0 Å². The summed E-state index contributed by atoms with van der Waals surface area (Å²) in [5, 5.41) is 16.6. The average Bonchev–Trinajstić information content (AvgIpc) is 2.40. The molecule has 0 atom stereocenters. The van der Waals surface area contributed by atoms with Gasteiger partial charge < -0.3 is 21.2 Å². The van der Waals surface area contributed by atoms with Crippen LogP contribution >= 0.6 is 0 Å². The quantitative estimate of drug-likeness (QED) is 0.413. The third kappa shape index (κ3) is 19.1. The zero-order chi connectivity index (χ0) is 17.7. The Balaban J connectivity index is -0.0000000952. The number of carbonyl (C=O) groups excluding carboxylic acids is 2. The van der Waals surface area contributed by atoms with E-state index in [1.54, 1.807) is 0 Å². The van der Waals surface area contributed by atoms with Gasteiger partial charge >= 0.3 is 11.9 Å². The van der Waals surface area contributed by atoms with Crippen molar-refractivity contribution in [1.82, 2.24) is 0 Å². The number of ketones is 2. The molecule has 0 aromatic rings. The van der Waals surface area contributed by atoms with Gasteiger partial charge in [-0.1, -0.05) is 27.7 Å². The fourth-order valence-corrected chi connectivity index (χ4v) is 2.07. The van der Waals surface area contributed by atoms with Crippen LogP contribution in [-0.2, 0) is 40.9 Å². The van der Waals surface area contributed by atoms with Gasteiger partial charge in [0.15, 0.2) is 0 Å². The molecule has 6 N–H and O–H groups in total. The summed E-state index contributed by atoms with van der Waals surface area (Å²) in [5.74, 6) is -2.48. The van der Waals surface area contributed by atoms with Crippen LogP contribution in [0.4, 0.5) is 0 Å². The Hall–Kier alpha value is -1.09. The maximum atomic E-state index is 11.0. The van der Waals surface area contributed by atoms with Gasteiger partial charge in [0.2, 0.25) is 0 Å². The summed E-state index contributed by atoms with van der Waals surface area (Å²) in [6.45, 7) is 7.59. The molecule has 0 aliphatic carbocycles. The van der Waals surface area contributed by atoms with Crippen molar-refractivity contribution in [3.8, 4) is 0 Å². The van der Waals surface area contributed by atoms with Gasteiger partial charge in [0, 0.05) is 33.6 Å². The third-order valence-electron chi connectivity index (χ3n) is 3.53. The van der Waals surface area contributed by atoms with E-state index in [0.717, 1.165) is 25.7 Å². The largest absolute Gasteiger partial charge is 0.481 e. The second-order valence-electron chi connectivity index (χ2n) is 5.10. The van der Waals surface area contributed by atoms with Crippen molar-refractivity contribution in [2.45, 2.75) is 66.2 Å². The Labute approximate surface area is 163 Å². The summed E-state index contributed by atoms with van der Waals surface area (Å²) >= 11 is 0. The first-order valence-electron chi connectivity index (χ1n) is 7.72. The molecule has 0 aromatic heterocycles. The van der Waals surface area contributed by atoms with Crippen LogP contribution in [0.5, 0.6) is 0 Å². The molecule has 0 saturated carbocycles. The van der Waals surface area contributed by atoms with Crippen LogP contribution in [0.1, 0.15) is 66.2 Å². The Kier molecular flexibility index (Phi) is 29.4. The number of aliphatic carboxylic acids is 2. The normalized spacial score (nSPS) is 8.88.